The summed E-state index contributed by atoms with van der Waals surface area (Å²) in [5, 5.41) is 9.44. The fourth-order valence-electron chi connectivity index (χ4n) is 2.57. The zero-order valence-corrected chi connectivity index (χ0v) is 12.3. The van der Waals surface area contributed by atoms with Crippen LogP contribution in [0, 0.1) is 16.7 Å². The fourth-order valence-corrected chi connectivity index (χ4v) is 2.57. The quantitative estimate of drug-likeness (QED) is 0.821. The largest absolute Gasteiger partial charge is 0.353 e. The molecule has 0 radical (unpaired) electrons. The molecule has 1 aliphatic rings. The van der Waals surface area contributed by atoms with E-state index in [1.807, 2.05) is 18.2 Å². The highest BCUT2D eigenvalue weighted by Gasteiger charge is 2.33. The van der Waals surface area contributed by atoms with E-state index in [2.05, 4.69) is 32.0 Å². The van der Waals surface area contributed by atoms with Crippen molar-refractivity contribution in [3.05, 3.63) is 35.9 Å². The number of hydrogen-bond acceptors (Lipinski definition) is 3. The first kappa shape index (κ1) is 15.0. The summed E-state index contributed by atoms with van der Waals surface area (Å²) in [6.45, 7) is 4.90. The van der Waals surface area contributed by atoms with E-state index in [4.69, 9.17) is 9.47 Å². The van der Waals surface area contributed by atoms with E-state index >= 15 is 0 Å². The Morgan fingerprint density at radius 1 is 1.35 bits per heavy atom. The van der Waals surface area contributed by atoms with Crippen LogP contribution in [0.15, 0.2) is 30.3 Å². The van der Waals surface area contributed by atoms with E-state index in [-0.39, 0.29) is 11.7 Å². The van der Waals surface area contributed by atoms with E-state index in [0.717, 1.165) is 32.3 Å². The van der Waals surface area contributed by atoms with Crippen molar-refractivity contribution in [1.82, 2.24) is 0 Å². The molecule has 0 saturated carbocycles. The minimum absolute atomic E-state index is 0.219. The molecule has 1 saturated heterocycles. The molecule has 20 heavy (non-hydrogen) atoms. The van der Waals surface area contributed by atoms with E-state index in [0.29, 0.717) is 0 Å². The van der Waals surface area contributed by atoms with Gasteiger partial charge >= 0.3 is 0 Å². The number of hydrogen-bond donors (Lipinski definition) is 0. The maximum Gasteiger partial charge on any atom is 0.159 e. The molecule has 3 nitrogen and oxygen atoms in total. The maximum atomic E-state index is 9.44. The first-order valence-corrected chi connectivity index (χ1v) is 7.32. The fraction of sp³-hybridized carbons (Fsp3) is 0.588. The van der Waals surface area contributed by atoms with Crippen LogP contribution in [0.25, 0.3) is 0 Å². The zero-order chi connectivity index (χ0) is 14.4. The molecule has 1 aromatic rings. The highest BCUT2D eigenvalue weighted by Crippen LogP contribution is 2.30. The van der Waals surface area contributed by atoms with Crippen molar-refractivity contribution in [1.29, 1.82) is 5.26 Å². The third-order valence-electron chi connectivity index (χ3n) is 3.76. The van der Waals surface area contributed by atoms with Gasteiger partial charge in [-0.25, -0.2) is 0 Å². The van der Waals surface area contributed by atoms with Crippen LogP contribution in [0.2, 0.25) is 0 Å². The number of nitriles is 1. The van der Waals surface area contributed by atoms with Gasteiger partial charge < -0.3 is 9.47 Å². The first-order chi connectivity index (χ1) is 9.62. The predicted octanol–water partition coefficient (Wildman–Crippen LogP) is 3.69. The summed E-state index contributed by atoms with van der Waals surface area (Å²) in [7, 11) is 0. The SMILES string of the molecule is CC(C)(Cc1ccccc1)C(C#N)OC1CCCCO1. The third kappa shape index (κ3) is 4.06. The Morgan fingerprint density at radius 3 is 2.70 bits per heavy atom. The second-order valence-corrected chi connectivity index (χ2v) is 6.09. The summed E-state index contributed by atoms with van der Waals surface area (Å²) in [6, 6.07) is 12.5. The second-order valence-electron chi connectivity index (χ2n) is 6.09. The summed E-state index contributed by atoms with van der Waals surface area (Å²) < 4.78 is 11.5. The standard InChI is InChI=1S/C17H23NO2/c1-17(2,12-14-8-4-3-5-9-14)15(13-18)20-16-10-6-7-11-19-16/h3-5,8-9,15-16H,6-7,10-12H2,1-2H3. The lowest BCUT2D eigenvalue weighted by Gasteiger charge is -2.33. The van der Waals surface area contributed by atoms with Gasteiger partial charge in [-0.2, -0.15) is 5.26 Å². The third-order valence-corrected chi connectivity index (χ3v) is 3.76. The number of ether oxygens (including phenoxy) is 2. The van der Waals surface area contributed by atoms with Gasteiger partial charge in [0.15, 0.2) is 12.4 Å². The average molecular weight is 273 g/mol. The van der Waals surface area contributed by atoms with Gasteiger partial charge in [0.25, 0.3) is 0 Å². The number of benzene rings is 1. The van der Waals surface area contributed by atoms with Crippen molar-refractivity contribution in [2.75, 3.05) is 6.61 Å². The van der Waals surface area contributed by atoms with Crippen molar-refractivity contribution < 1.29 is 9.47 Å². The smallest absolute Gasteiger partial charge is 0.159 e. The van der Waals surface area contributed by atoms with Crippen LogP contribution >= 0.6 is 0 Å². The normalized spacial score (nSPS) is 21.1. The van der Waals surface area contributed by atoms with Crippen LogP contribution in [0.3, 0.4) is 0 Å². The lowest BCUT2D eigenvalue weighted by molar-refractivity contribution is -0.194. The minimum Gasteiger partial charge on any atom is -0.353 e. The van der Waals surface area contributed by atoms with Gasteiger partial charge in [-0.05, 0) is 31.2 Å². The van der Waals surface area contributed by atoms with Gasteiger partial charge in [-0.15, -0.1) is 0 Å². The number of rotatable bonds is 5. The predicted molar refractivity (Wildman–Crippen MR) is 78.0 cm³/mol. The summed E-state index contributed by atoms with van der Waals surface area (Å²) in [5.74, 6) is 0. The molecule has 0 amide bonds. The molecule has 1 fully saturated rings. The molecule has 2 atom stereocenters. The highest BCUT2D eigenvalue weighted by molar-refractivity contribution is 5.17. The molecule has 0 bridgehead atoms. The van der Waals surface area contributed by atoms with Crippen LogP contribution < -0.4 is 0 Å². The van der Waals surface area contributed by atoms with Crippen LogP contribution in [0.4, 0.5) is 0 Å². The van der Waals surface area contributed by atoms with Crippen molar-refractivity contribution in [2.24, 2.45) is 5.41 Å². The zero-order valence-electron chi connectivity index (χ0n) is 12.3. The molecule has 0 N–H and O–H groups in total. The van der Waals surface area contributed by atoms with Crippen molar-refractivity contribution >= 4 is 0 Å². The Hall–Kier alpha value is -1.37. The average Bonchev–Trinajstić information content (AvgIpc) is 2.46. The summed E-state index contributed by atoms with van der Waals surface area (Å²) >= 11 is 0. The number of nitrogens with zero attached hydrogens (tertiary/aromatic N) is 1. The molecule has 1 aliphatic heterocycles. The van der Waals surface area contributed by atoms with Crippen LogP contribution in [-0.2, 0) is 15.9 Å². The van der Waals surface area contributed by atoms with Crippen molar-refractivity contribution in [2.45, 2.75) is 51.9 Å². The van der Waals surface area contributed by atoms with Crippen LogP contribution in [0.5, 0.6) is 0 Å². The monoisotopic (exact) mass is 273 g/mol. The molecule has 0 aromatic heterocycles. The summed E-state index contributed by atoms with van der Waals surface area (Å²) in [5.41, 5.74) is 0.989. The maximum absolute atomic E-state index is 9.44. The molecule has 2 rings (SSSR count). The van der Waals surface area contributed by atoms with Gasteiger partial charge in [0.05, 0.1) is 6.07 Å². The van der Waals surface area contributed by atoms with Crippen LogP contribution in [0.1, 0.15) is 38.7 Å². The van der Waals surface area contributed by atoms with E-state index in [1.165, 1.54) is 5.56 Å². The van der Waals surface area contributed by atoms with E-state index in [1.54, 1.807) is 0 Å². The summed E-state index contributed by atoms with van der Waals surface area (Å²) in [6.07, 6.45) is 3.24. The molecule has 1 heterocycles. The van der Waals surface area contributed by atoms with Gasteiger partial charge in [-0.1, -0.05) is 44.2 Å². The lowest BCUT2D eigenvalue weighted by Crippen LogP contribution is -2.37. The Balaban J connectivity index is 1.99. The molecule has 0 spiro atoms. The van der Waals surface area contributed by atoms with Crippen molar-refractivity contribution in [3.8, 4) is 6.07 Å². The molecule has 2 unspecified atom stereocenters. The van der Waals surface area contributed by atoms with E-state index in [9.17, 15) is 5.26 Å². The molecular weight excluding hydrogens is 250 g/mol. The van der Waals surface area contributed by atoms with Gasteiger partial charge in [0, 0.05) is 12.0 Å². The minimum atomic E-state index is -0.453. The Kier molecular flexibility index (Phi) is 5.17. The Bertz CT molecular complexity index is 444. The molecule has 108 valence electrons. The van der Waals surface area contributed by atoms with Crippen LogP contribution in [-0.4, -0.2) is 19.0 Å². The van der Waals surface area contributed by atoms with E-state index < -0.39 is 6.10 Å². The molecular formula is C17H23NO2. The Labute approximate surface area is 121 Å². The van der Waals surface area contributed by atoms with Gasteiger partial charge in [0.2, 0.25) is 0 Å². The molecule has 3 heteroatoms. The molecule has 1 aromatic carbocycles. The Morgan fingerprint density at radius 2 is 2.10 bits per heavy atom. The highest BCUT2D eigenvalue weighted by atomic mass is 16.7. The summed E-state index contributed by atoms with van der Waals surface area (Å²) in [4.78, 5) is 0. The van der Waals surface area contributed by atoms with Gasteiger partial charge in [-0.3, -0.25) is 0 Å². The second kappa shape index (κ2) is 6.88. The first-order valence-electron chi connectivity index (χ1n) is 7.32. The van der Waals surface area contributed by atoms with Crippen molar-refractivity contribution in [3.63, 3.8) is 0 Å². The lowest BCUT2D eigenvalue weighted by atomic mass is 9.81. The van der Waals surface area contributed by atoms with Gasteiger partial charge in [0.1, 0.15) is 0 Å². The topological polar surface area (TPSA) is 42.2 Å². The molecule has 0 aliphatic carbocycles.